The molecule has 114 valence electrons. The van der Waals surface area contributed by atoms with Crippen molar-refractivity contribution in [3.05, 3.63) is 24.0 Å². The smallest absolute Gasteiger partial charge is 0.0360 e. The van der Waals surface area contributed by atoms with E-state index in [4.69, 9.17) is 0 Å². The summed E-state index contributed by atoms with van der Waals surface area (Å²) < 4.78 is 2.37. The molecule has 1 N–H and O–H groups in total. The monoisotopic (exact) mass is 277 g/mol. The summed E-state index contributed by atoms with van der Waals surface area (Å²) in [4.78, 5) is 2.45. The molecular weight excluding hydrogens is 246 g/mol. The lowest BCUT2D eigenvalue weighted by atomic mass is 9.80. The summed E-state index contributed by atoms with van der Waals surface area (Å²) in [6.07, 6.45) is 10.2. The molecular formula is C17H31N3. The molecule has 1 aliphatic rings. The van der Waals surface area contributed by atoms with Crippen LogP contribution in [0.25, 0.3) is 0 Å². The van der Waals surface area contributed by atoms with E-state index in [9.17, 15) is 0 Å². The van der Waals surface area contributed by atoms with Crippen molar-refractivity contribution < 1.29 is 0 Å². The van der Waals surface area contributed by atoms with Crippen molar-refractivity contribution in [2.24, 2.45) is 0 Å². The van der Waals surface area contributed by atoms with Gasteiger partial charge in [0.25, 0.3) is 0 Å². The molecule has 0 spiro atoms. The lowest BCUT2D eigenvalue weighted by Crippen LogP contribution is -2.52. The third kappa shape index (κ3) is 3.64. The molecule has 0 saturated heterocycles. The van der Waals surface area contributed by atoms with Gasteiger partial charge in [-0.05, 0) is 45.5 Å². The first kappa shape index (κ1) is 15.6. The fraction of sp³-hybridized carbons (Fsp3) is 0.765. The highest BCUT2D eigenvalue weighted by Crippen LogP contribution is 2.31. The summed E-state index contributed by atoms with van der Waals surface area (Å²) in [7, 11) is 4.49. The van der Waals surface area contributed by atoms with Crippen LogP contribution in [-0.4, -0.2) is 35.6 Å². The third-order valence-electron chi connectivity index (χ3n) is 4.88. The SMILES string of the molecule is CCCn1cccc1CNCC1(N(C)C)CCCCC1. The van der Waals surface area contributed by atoms with E-state index in [-0.39, 0.29) is 0 Å². The fourth-order valence-electron chi connectivity index (χ4n) is 3.48. The molecule has 1 aliphatic carbocycles. The van der Waals surface area contributed by atoms with Crippen molar-refractivity contribution in [2.75, 3.05) is 20.6 Å². The standard InChI is InChI=1S/C17H31N3/c1-4-12-20-13-8-9-16(20)14-18-15-17(19(2)3)10-6-5-7-11-17/h8-9,13,18H,4-7,10-12,14-15H2,1-3H3. The molecule has 1 aromatic heterocycles. The Morgan fingerprint density at radius 1 is 1.25 bits per heavy atom. The van der Waals surface area contributed by atoms with E-state index >= 15 is 0 Å². The topological polar surface area (TPSA) is 20.2 Å². The van der Waals surface area contributed by atoms with Gasteiger partial charge in [-0.2, -0.15) is 0 Å². The van der Waals surface area contributed by atoms with E-state index in [1.165, 1.54) is 44.2 Å². The van der Waals surface area contributed by atoms with Crippen LogP contribution in [0.3, 0.4) is 0 Å². The largest absolute Gasteiger partial charge is 0.350 e. The van der Waals surface area contributed by atoms with Crippen molar-refractivity contribution in [1.29, 1.82) is 0 Å². The lowest BCUT2D eigenvalue weighted by Gasteiger charge is -2.43. The van der Waals surface area contributed by atoms with Gasteiger partial charge >= 0.3 is 0 Å². The summed E-state index contributed by atoms with van der Waals surface area (Å²) >= 11 is 0. The summed E-state index contributed by atoms with van der Waals surface area (Å²) in [5.74, 6) is 0. The van der Waals surface area contributed by atoms with Crippen molar-refractivity contribution in [3.8, 4) is 0 Å². The Labute approximate surface area is 124 Å². The Bertz CT molecular complexity index is 389. The maximum atomic E-state index is 3.72. The summed E-state index contributed by atoms with van der Waals surface area (Å²) in [6.45, 7) is 5.46. The molecule has 0 aromatic carbocycles. The highest BCUT2D eigenvalue weighted by molar-refractivity contribution is 5.07. The second kappa shape index (κ2) is 7.28. The van der Waals surface area contributed by atoms with Gasteiger partial charge in [0.15, 0.2) is 0 Å². The van der Waals surface area contributed by atoms with Gasteiger partial charge in [-0.1, -0.05) is 26.2 Å². The molecule has 1 heterocycles. The number of nitrogens with one attached hydrogen (secondary N) is 1. The summed E-state index contributed by atoms with van der Waals surface area (Å²) in [5, 5.41) is 3.72. The first-order chi connectivity index (χ1) is 9.68. The van der Waals surface area contributed by atoms with Gasteiger partial charge in [-0.15, -0.1) is 0 Å². The minimum Gasteiger partial charge on any atom is -0.350 e. The van der Waals surface area contributed by atoms with Crippen LogP contribution in [0, 0.1) is 0 Å². The van der Waals surface area contributed by atoms with Gasteiger partial charge in [0.05, 0.1) is 0 Å². The van der Waals surface area contributed by atoms with E-state index in [0.717, 1.165) is 19.6 Å². The number of rotatable bonds is 7. The minimum absolute atomic E-state index is 0.375. The second-order valence-corrected chi connectivity index (χ2v) is 6.48. The number of likely N-dealkylation sites (N-methyl/N-ethyl adjacent to an activating group) is 1. The molecule has 3 heteroatoms. The van der Waals surface area contributed by atoms with Gasteiger partial charge < -0.3 is 14.8 Å². The molecule has 1 fully saturated rings. The number of aromatic nitrogens is 1. The fourth-order valence-corrected chi connectivity index (χ4v) is 3.48. The minimum atomic E-state index is 0.375. The molecule has 0 radical (unpaired) electrons. The number of nitrogens with zero attached hydrogens (tertiary/aromatic N) is 2. The number of hydrogen-bond acceptors (Lipinski definition) is 2. The van der Waals surface area contributed by atoms with Crippen molar-refractivity contribution >= 4 is 0 Å². The van der Waals surface area contributed by atoms with Crippen molar-refractivity contribution in [1.82, 2.24) is 14.8 Å². The van der Waals surface area contributed by atoms with Crippen LogP contribution < -0.4 is 5.32 Å². The molecule has 1 saturated carbocycles. The first-order valence-electron chi connectivity index (χ1n) is 8.20. The molecule has 0 atom stereocenters. The van der Waals surface area contributed by atoms with Crippen molar-refractivity contribution in [3.63, 3.8) is 0 Å². The van der Waals surface area contributed by atoms with Crippen LogP contribution in [0.5, 0.6) is 0 Å². The van der Waals surface area contributed by atoms with Gasteiger partial charge in [0.2, 0.25) is 0 Å². The zero-order valence-corrected chi connectivity index (χ0v) is 13.5. The second-order valence-electron chi connectivity index (χ2n) is 6.48. The average Bonchev–Trinajstić information content (AvgIpc) is 2.88. The maximum Gasteiger partial charge on any atom is 0.0360 e. The maximum absolute atomic E-state index is 3.72. The Morgan fingerprint density at radius 3 is 2.65 bits per heavy atom. The average molecular weight is 277 g/mol. The molecule has 0 unspecified atom stereocenters. The van der Waals surface area contributed by atoms with E-state index in [0.29, 0.717) is 5.54 Å². The van der Waals surface area contributed by atoms with Crippen LogP contribution in [0.15, 0.2) is 18.3 Å². The highest BCUT2D eigenvalue weighted by Gasteiger charge is 2.33. The highest BCUT2D eigenvalue weighted by atomic mass is 15.2. The molecule has 0 aliphatic heterocycles. The number of hydrogen-bond donors (Lipinski definition) is 1. The van der Waals surface area contributed by atoms with Crippen LogP contribution in [0.2, 0.25) is 0 Å². The third-order valence-corrected chi connectivity index (χ3v) is 4.88. The van der Waals surface area contributed by atoms with Crippen LogP contribution >= 0.6 is 0 Å². The zero-order valence-electron chi connectivity index (χ0n) is 13.5. The summed E-state index contributed by atoms with van der Waals surface area (Å²) in [5.41, 5.74) is 1.79. The molecule has 0 amide bonds. The Morgan fingerprint density at radius 2 is 2.00 bits per heavy atom. The van der Waals surface area contributed by atoms with Gasteiger partial charge in [0.1, 0.15) is 0 Å². The molecule has 3 nitrogen and oxygen atoms in total. The Hall–Kier alpha value is -0.800. The summed E-state index contributed by atoms with van der Waals surface area (Å²) in [6, 6.07) is 4.40. The van der Waals surface area contributed by atoms with E-state index in [2.05, 4.69) is 54.1 Å². The van der Waals surface area contributed by atoms with Gasteiger partial charge in [0, 0.05) is 37.1 Å². The van der Waals surface area contributed by atoms with E-state index < -0.39 is 0 Å². The zero-order chi connectivity index (χ0) is 14.4. The molecule has 0 bridgehead atoms. The van der Waals surface area contributed by atoms with Crippen LogP contribution in [-0.2, 0) is 13.1 Å². The Balaban J connectivity index is 1.88. The van der Waals surface area contributed by atoms with E-state index in [1.54, 1.807) is 0 Å². The van der Waals surface area contributed by atoms with E-state index in [1.807, 2.05) is 0 Å². The lowest BCUT2D eigenvalue weighted by molar-refractivity contribution is 0.0982. The van der Waals surface area contributed by atoms with Crippen LogP contribution in [0.1, 0.15) is 51.1 Å². The molecule has 1 aromatic rings. The van der Waals surface area contributed by atoms with Gasteiger partial charge in [-0.3, -0.25) is 0 Å². The predicted octanol–water partition coefficient (Wildman–Crippen LogP) is 3.25. The predicted molar refractivity (Wildman–Crippen MR) is 85.9 cm³/mol. The van der Waals surface area contributed by atoms with Gasteiger partial charge in [-0.25, -0.2) is 0 Å². The Kier molecular flexibility index (Phi) is 5.67. The normalized spacial score (nSPS) is 18.6. The first-order valence-corrected chi connectivity index (χ1v) is 8.20. The number of aryl methyl sites for hydroxylation is 1. The molecule has 20 heavy (non-hydrogen) atoms. The molecule has 2 rings (SSSR count). The quantitative estimate of drug-likeness (QED) is 0.825. The van der Waals surface area contributed by atoms with Crippen LogP contribution in [0.4, 0.5) is 0 Å². The van der Waals surface area contributed by atoms with Crippen molar-refractivity contribution in [2.45, 2.75) is 64.1 Å².